The molecule has 1 aliphatic rings. The van der Waals surface area contributed by atoms with Crippen molar-refractivity contribution in [2.45, 2.75) is 26.7 Å². The Morgan fingerprint density at radius 2 is 2.00 bits per heavy atom. The summed E-state index contributed by atoms with van der Waals surface area (Å²) in [4.78, 5) is 13.6. The van der Waals surface area contributed by atoms with E-state index in [1.54, 1.807) is 0 Å². The number of rotatable bonds is 6. The van der Waals surface area contributed by atoms with Crippen molar-refractivity contribution in [2.24, 2.45) is 4.99 Å². The minimum Gasteiger partial charge on any atom is -0.367 e. The molecule has 0 atom stereocenters. The number of piperazine rings is 1. The molecule has 2 heterocycles. The highest BCUT2D eigenvalue weighted by Crippen LogP contribution is 2.26. The summed E-state index contributed by atoms with van der Waals surface area (Å²) in [5, 5.41) is 8.02. The quantitative estimate of drug-likeness (QED) is 0.274. The molecule has 1 N–H and O–H groups in total. The fourth-order valence-corrected chi connectivity index (χ4v) is 3.41. The molecule has 3 rings (SSSR count). The Morgan fingerprint density at radius 1 is 1.25 bits per heavy atom. The third-order valence-electron chi connectivity index (χ3n) is 4.49. The molecule has 0 bridgehead atoms. The van der Waals surface area contributed by atoms with Crippen LogP contribution < -0.4 is 10.2 Å². The SMILES string of the molecule is CCNC(=NCCCc1nc(C)no1)N1CCN(c2ccccc2Cl)CC1.I. The van der Waals surface area contributed by atoms with Gasteiger partial charge in [-0.1, -0.05) is 28.9 Å². The molecule has 0 aliphatic carbocycles. The summed E-state index contributed by atoms with van der Waals surface area (Å²) in [7, 11) is 0. The van der Waals surface area contributed by atoms with Crippen LogP contribution in [0, 0.1) is 6.92 Å². The van der Waals surface area contributed by atoms with Gasteiger partial charge in [0.15, 0.2) is 11.8 Å². The first-order valence-corrected chi connectivity index (χ1v) is 9.87. The second kappa shape index (κ2) is 11.5. The molecule has 2 aromatic rings. The first-order chi connectivity index (χ1) is 13.2. The van der Waals surface area contributed by atoms with Gasteiger partial charge in [-0.25, -0.2) is 0 Å². The van der Waals surface area contributed by atoms with Gasteiger partial charge in [0.2, 0.25) is 5.89 Å². The molecule has 7 nitrogen and oxygen atoms in total. The van der Waals surface area contributed by atoms with Crippen LogP contribution in [-0.2, 0) is 6.42 Å². The molecule has 0 unspecified atom stereocenters. The molecule has 0 saturated carbocycles. The Labute approximate surface area is 188 Å². The first kappa shape index (κ1) is 22.7. The summed E-state index contributed by atoms with van der Waals surface area (Å²) in [5.41, 5.74) is 1.11. The normalized spacial score (nSPS) is 14.8. The number of anilines is 1. The van der Waals surface area contributed by atoms with Gasteiger partial charge in [0, 0.05) is 45.7 Å². The molecule has 1 saturated heterocycles. The number of guanidine groups is 1. The molecule has 0 radical (unpaired) electrons. The van der Waals surface area contributed by atoms with Gasteiger partial charge in [0.05, 0.1) is 10.7 Å². The average Bonchev–Trinajstić information content (AvgIpc) is 3.10. The Kier molecular flexibility index (Phi) is 9.30. The predicted octanol–water partition coefficient (Wildman–Crippen LogP) is 3.37. The van der Waals surface area contributed by atoms with Crippen LogP contribution in [0.2, 0.25) is 5.02 Å². The monoisotopic (exact) mass is 518 g/mol. The Morgan fingerprint density at radius 3 is 2.64 bits per heavy atom. The highest BCUT2D eigenvalue weighted by molar-refractivity contribution is 14.0. The average molecular weight is 519 g/mol. The van der Waals surface area contributed by atoms with Gasteiger partial charge in [-0.3, -0.25) is 4.99 Å². The molecule has 0 amide bonds. The molecule has 1 aliphatic heterocycles. The molecule has 1 aromatic heterocycles. The highest BCUT2D eigenvalue weighted by atomic mass is 127. The predicted molar refractivity (Wildman–Crippen MR) is 124 cm³/mol. The molecule has 154 valence electrons. The van der Waals surface area contributed by atoms with E-state index < -0.39 is 0 Å². The van der Waals surface area contributed by atoms with Gasteiger partial charge in [-0.15, -0.1) is 24.0 Å². The van der Waals surface area contributed by atoms with Gasteiger partial charge < -0.3 is 19.6 Å². The van der Waals surface area contributed by atoms with Crippen molar-refractivity contribution in [1.82, 2.24) is 20.4 Å². The van der Waals surface area contributed by atoms with E-state index in [1.165, 1.54) is 0 Å². The van der Waals surface area contributed by atoms with Crippen molar-refractivity contribution in [2.75, 3.05) is 44.2 Å². The van der Waals surface area contributed by atoms with E-state index in [0.717, 1.165) is 68.8 Å². The lowest BCUT2D eigenvalue weighted by molar-refractivity contribution is 0.368. The summed E-state index contributed by atoms with van der Waals surface area (Å²) in [5.74, 6) is 2.33. The lowest BCUT2D eigenvalue weighted by atomic mass is 10.2. The molecule has 28 heavy (non-hydrogen) atoms. The van der Waals surface area contributed by atoms with Gasteiger partial charge in [-0.05, 0) is 32.4 Å². The minimum absolute atomic E-state index is 0. The van der Waals surface area contributed by atoms with Gasteiger partial charge >= 0.3 is 0 Å². The number of nitrogens with one attached hydrogen (secondary N) is 1. The van der Waals surface area contributed by atoms with Crippen LogP contribution >= 0.6 is 35.6 Å². The zero-order valence-corrected chi connectivity index (χ0v) is 19.5. The highest BCUT2D eigenvalue weighted by Gasteiger charge is 2.20. The number of aryl methyl sites for hydroxylation is 2. The maximum absolute atomic E-state index is 6.33. The van der Waals surface area contributed by atoms with Crippen LogP contribution in [0.3, 0.4) is 0 Å². The minimum atomic E-state index is 0. The lowest BCUT2D eigenvalue weighted by Crippen LogP contribution is -2.52. The molecule has 1 fully saturated rings. The number of para-hydroxylation sites is 1. The van der Waals surface area contributed by atoms with Crippen molar-refractivity contribution >= 4 is 47.2 Å². The van der Waals surface area contributed by atoms with E-state index in [1.807, 2.05) is 25.1 Å². The third-order valence-corrected chi connectivity index (χ3v) is 4.81. The van der Waals surface area contributed by atoms with E-state index in [0.29, 0.717) is 11.7 Å². The number of nitrogens with zero attached hydrogens (tertiary/aromatic N) is 5. The van der Waals surface area contributed by atoms with Crippen molar-refractivity contribution in [3.63, 3.8) is 0 Å². The van der Waals surface area contributed by atoms with Crippen molar-refractivity contribution in [3.8, 4) is 0 Å². The smallest absolute Gasteiger partial charge is 0.226 e. The van der Waals surface area contributed by atoms with E-state index in [4.69, 9.17) is 21.1 Å². The van der Waals surface area contributed by atoms with Crippen molar-refractivity contribution in [3.05, 3.63) is 41.0 Å². The Bertz CT molecular complexity index is 760. The van der Waals surface area contributed by atoms with Crippen molar-refractivity contribution in [1.29, 1.82) is 0 Å². The van der Waals surface area contributed by atoms with E-state index in [9.17, 15) is 0 Å². The van der Waals surface area contributed by atoms with Crippen LogP contribution in [0.5, 0.6) is 0 Å². The fourth-order valence-electron chi connectivity index (χ4n) is 3.15. The maximum Gasteiger partial charge on any atom is 0.226 e. The van der Waals surface area contributed by atoms with Gasteiger partial charge in [0.25, 0.3) is 0 Å². The largest absolute Gasteiger partial charge is 0.367 e. The number of benzene rings is 1. The lowest BCUT2D eigenvalue weighted by Gasteiger charge is -2.38. The van der Waals surface area contributed by atoms with Gasteiger partial charge in [-0.2, -0.15) is 4.98 Å². The van der Waals surface area contributed by atoms with Crippen LogP contribution in [0.25, 0.3) is 0 Å². The molecule has 9 heteroatoms. The Balaban J connectivity index is 0.00000280. The Hall–Kier alpha value is -1.55. The van der Waals surface area contributed by atoms with Crippen LogP contribution in [0.15, 0.2) is 33.8 Å². The molecular weight excluding hydrogens is 491 g/mol. The first-order valence-electron chi connectivity index (χ1n) is 9.49. The summed E-state index contributed by atoms with van der Waals surface area (Å²) in [6, 6.07) is 8.02. The number of halogens is 2. The second-order valence-corrected chi connectivity index (χ2v) is 6.91. The van der Waals surface area contributed by atoms with Crippen molar-refractivity contribution < 1.29 is 4.52 Å². The summed E-state index contributed by atoms with van der Waals surface area (Å²) in [6.45, 7) is 9.19. The number of hydrogen-bond donors (Lipinski definition) is 1. The number of aliphatic imine (C=N–C) groups is 1. The van der Waals surface area contributed by atoms with Gasteiger partial charge in [0.1, 0.15) is 0 Å². The van der Waals surface area contributed by atoms with Crippen LogP contribution in [-0.4, -0.2) is 60.3 Å². The summed E-state index contributed by atoms with van der Waals surface area (Å²) < 4.78 is 5.15. The molecule has 0 spiro atoms. The van der Waals surface area contributed by atoms with Crippen LogP contribution in [0.1, 0.15) is 25.1 Å². The number of aromatic nitrogens is 2. The molecule has 1 aromatic carbocycles. The summed E-state index contributed by atoms with van der Waals surface area (Å²) >= 11 is 6.33. The summed E-state index contributed by atoms with van der Waals surface area (Å²) in [6.07, 6.45) is 1.64. The van der Waals surface area contributed by atoms with E-state index in [2.05, 4.69) is 38.2 Å². The number of hydrogen-bond acceptors (Lipinski definition) is 5. The van der Waals surface area contributed by atoms with E-state index in [-0.39, 0.29) is 24.0 Å². The standard InChI is InChI=1S/C19H27ClN6O.HI/c1-3-21-19(22-10-6-9-18-23-15(2)24-27-18)26-13-11-25(12-14-26)17-8-5-4-7-16(17)20;/h4-5,7-8H,3,6,9-14H2,1-2H3,(H,21,22);1H. The van der Waals surface area contributed by atoms with E-state index >= 15 is 0 Å². The maximum atomic E-state index is 6.33. The second-order valence-electron chi connectivity index (χ2n) is 6.50. The van der Waals surface area contributed by atoms with Crippen LogP contribution in [0.4, 0.5) is 5.69 Å². The zero-order chi connectivity index (χ0) is 19.1. The zero-order valence-electron chi connectivity index (χ0n) is 16.4. The third kappa shape index (κ3) is 6.23. The fraction of sp³-hybridized carbons (Fsp3) is 0.526. The molecular formula is C19H28ClIN6O. The topological polar surface area (TPSA) is 69.8 Å².